The molecule has 0 atom stereocenters. The Kier molecular flexibility index (Phi) is 3.12. The summed E-state index contributed by atoms with van der Waals surface area (Å²) in [6, 6.07) is 9.47. The SMILES string of the molecule is N#Cc1cccc(-n2cc(I)c3c(Cl)ncnc32)c1. The summed E-state index contributed by atoms with van der Waals surface area (Å²) in [5.41, 5.74) is 2.22. The molecular weight excluding hydrogens is 375 g/mol. The van der Waals surface area contributed by atoms with Crippen LogP contribution >= 0.6 is 34.2 Å². The molecule has 3 aromatic rings. The minimum atomic E-state index is 0.435. The molecular formula is C13H6ClIN4. The molecule has 0 N–H and O–H groups in total. The Bertz CT molecular complexity index is 819. The van der Waals surface area contributed by atoms with E-state index in [9.17, 15) is 0 Å². The second-order valence-electron chi connectivity index (χ2n) is 3.87. The van der Waals surface area contributed by atoms with Crippen LogP contribution < -0.4 is 0 Å². The number of rotatable bonds is 1. The van der Waals surface area contributed by atoms with E-state index in [-0.39, 0.29) is 0 Å². The van der Waals surface area contributed by atoms with Crippen LogP contribution in [0.4, 0.5) is 0 Å². The molecule has 0 aliphatic heterocycles. The Morgan fingerprint density at radius 1 is 1.32 bits per heavy atom. The molecule has 6 heteroatoms. The summed E-state index contributed by atoms with van der Waals surface area (Å²) < 4.78 is 2.88. The number of hydrogen-bond acceptors (Lipinski definition) is 3. The normalized spacial score (nSPS) is 10.6. The van der Waals surface area contributed by atoms with Crippen LogP contribution in [-0.4, -0.2) is 14.5 Å². The van der Waals surface area contributed by atoms with Gasteiger partial charge < -0.3 is 4.57 Å². The second-order valence-corrected chi connectivity index (χ2v) is 5.39. The first-order valence-electron chi connectivity index (χ1n) is 5.38. The fraction of sp³-hybridized carbons (Fsp3) is 0. The standard InChI is InChI=1S/C13H6ClIN4/c14-12-11-10(15)6-19(13(11)18-7-17-12)9-3-1-2-8(4-9)5-16/h1-4,6-7H. The van der Waals surface area contributed by atoms with Crippen molar-refractivity contribution in [2.75, 3.05) is 0 Å². The molecule has 2 heterocycles. The van der Waals surface area contributed by atoms with Crippen LogP contribution in [0.3, 0.4) is 0 Å². The van der Waals surface area contributed by atoms with Crippen molar-refractivity contribution in [1.29, 1.82) is 5.26 Å². The van der Waals surface area contributed by atoms with E-state index < -0.39 is 0 Å². The van der Waals surface area contributed by atoms with Crippen LogP contribution in [0, 0.1) is 14.9 Å². The summed E-state index contributed by atoms with van der Waals surface area (Å²) >= 11 is 8.30. The van der Waals surface area contributed by atoms with E-state index in [1.807, 2.05) is 29.0 Å². The average molecular weight is 381 g/mol. The van der Waals surface area contributed by atoms with Crippen molar-refractivity contribution in [3.05, 3.63) is 51.1 Å². The van der Waals surface area contributed by atoms with Gasteiger partial charge in [0.25, 0.3) is 0 Å². The smallest absolute Gasteiger partial charge is 0.150 e. The molecule has 4 nitrogen and oxygen atoms in total. The highest BCUT2D eigenvalue weighted by molar-refractivity contribution is 14.1. The average Bonchev–Trinajstić information content (AvgIpc) is 2.78. The van der Waals surface area contributed by atoms with Crippen molar-refractivity contribution >= 4 is 45.2 Å². The molecule has 19 heavy (non-hydrogen) atoms. The van der Waals surface area contributed by atoms with Crippen molar-refractivity contribution in [3.8, 4) is 11.8 Å². The maximum absolute atomic E-state index is 8.96. The first kappa shape index (κ1) is 12.4. The van der Waals surface area contributed by atoms with Gasteiger partial charge in [-0.15, -0.1) is 0 Å². The first-order valence-corrected chi connectivity index (χ1v) is 6.84. The Morgan fingerprint density at radius 2 is 2.16 bits per heavy atom. The second kappa shape index (κ2) is 4.79. The Hall–Kier alpha value is -1.65. The molecule has 0 radical (unpaired) electrons. The topological polar surface area (TPSA) is 54.5 Å². The van der Waals surface area contributed by atoms with E-state index in [1.165, 1.54) is 6.33 Å². The zero-order valence-corrected chi connectivity index (χ0v) is 12.4. The maximum atomic E-state index is 8.96. The third kappa shape index (κ3) is 2.07. The summed E-state index contributed by atoms with van der Waals surface area (Å²) in [5, 5.41) is 10.2. The first-order chi connectivity index (χ1) is 9.20. The zero-order chi connectivity index (χ0) is 13.4. The summed E-state index contributed by atoms with van der Waals surface area (Å²) in [6.07, 6.45) is 3.37. The third-order valence-corrected chi connectivity index (χ3v) is 3.85. The lowest BCUT2D eigenvalue weighted by molar-refractivity contribution is 1.07. The molecule has 1 aromatic carbocycles. The van der Waals surface area contributed by atoms with Gasteiger partial charge in [-0.2, -0.15) is 5.26 Å². The molecule has 2 aromatic heterocycles. The third-order valence-electron chi connectivity index (χ3n) is 2.74. The molecule has 0 aliphatic rings. The molecule has 0 aliphatic carbocycles. The van der Waals surface area contributed by atoms with Gasteiger partial charge in [-0.25, -0.2) is 9.97 Å². The quantitative estimate of drug-likeness (QED) is 0.479. The summed E-state index contributed by atoms with van der Waals surface area (Å²) in [4.78, 5) is 8.27. The van der Waals surface area contributed by atoms with E-state index in [0.717, 1.165) is 20.3 Å². The van der Waals surface area contributed by atoms with Gasteiger partial charge >= 0.3 is 0 Å². The predicted octanol–water partition coefficient (Wildman–Crippen LogP) is 3.55. The van der Waals surface area contributed by atoms with Crippen LogP contribution in [0.2, 0.25) is 5.15 Å². The minimum Gasteiger partial charge on any atom is -0.300 e. The molecule has 0 bridgehead atoms. The number of halogens is 2. The van der Waals surface area contributed by atoms with Crippen molar-refractivity contribution < 1.29 is 0 Å². The molecule has 3 rings (SSSR count). The number of fused-ring (bicyclic) bond motifs is 1. The Labute approximate surface area is 127 Å². The van der Waals surface area contributed by atoms with E-state index in [0.29, 0.717) is 10.7 Å². The molecule has 0 spiro atoms. The van der Waals surface area contributed by atoms with Crippen molar-refractivity contribution in [1.82, 2.24) is 14.5 Å². The molecule has 0 saturated heterocycles. The molecule has 92 valence electrons. The number of nitrogens with zero attached hydrogens (tertiary/aromatic N) is 4. The van der Waals surface area contributed by atoms with E-state index in [2.05, 4.69) is 38.6 Å². The van der Waals surface area contributed by atoms with Gasteiger partial charge in [0.15, 0.2) is 5.65 Å². The van der Waals surface area contributed by atoms with E-state index >= 15 is 0 Å². The highest BCUT2D eigenvalue weighted by atomic mass is 127. The van der Waals surface area contributed by atoms with Crippen LogP contribution in [0.5, 0.6) is 0 Å². The van der Waals surface area contributed by atoms with Crippen molar-refractivity contribution in [3.63, 3.8) is 0 Å². The van der Waals surface area contributed by atoms with Gasteiger partial charge in [0.05, 0.1) is 17.0 Å². The number of aromatic nitrogens is 3. The lowest BCUT2D eigenvalue weighted by atomic mass is 10.2. The molecule has 0 saturated carbocycles. The molecule has 0 unspecified atom stereocenters. The highest BCUT2D eigenvalue weighted by Gasteiger charge is 2.13. The van der Waals surface area contributed by atoms with Gasteiger partial charge in [-0.3, -0.25) is 0 Å². The number of nitriles is 1. The number of hydrogen-bond donors (Lipinski definition) is 0. The van der Waals surface area contributed by atoms with Crippen LogP contribution in [0.25, 0.3) is 16.7 Å². The summed E-state index contributed by atoms with van der Waals surface area (Å²) in [7, 11) is 0. The van der Waals surface area contributed by atoms with Crippen molar-refractivity contribution in [2.45, 2.75) is 0 Å². The van der Waals surface area contributed by atoms with Gasteiger partial charge in [0.2, 0.25) is 0 Å². The fourth-order valence-corrected chi connectivity index (χ4v) is 3.07. The van der Waals surface area contributed by atoms with Crippen molar-refractivity contribution in [2.24, 2.45) is 0 Å². The molecule has 0 fully saturated rings. The lowest BCUT2D eigenvalue weighted by Gasteiger charge is -2.04. The summed E-state index contributed by atoms with van der Waals surface area (Å²) in [5.74, 6) is 0. The fourth-order valence-electron chi connectivity index (χ4n) is 1.90. The largest absolute Gasteiger partial charge is 0.300 e. The van der Waals surface area contributed by atoms with Crippen LogP contribution in [0.15, 0.2) is 36.8 Å². The van der Waals surface area contributed by atoms with Gasteiger partial charge in [-0.05, 0) is 40.8 Å². The lowest BCUT2D eigenvalue weighted by Crippen LogP contribution is -1.94. The predicted molar refractivity (Wildman–Crippen MR) is 81.3 cm³/mol. The van der Waals surface area contributed by atoms with Gasteiger partial charge in [0.1, 0.15) is 11.5 Å². The van der Waals surface area contributed by atoms with E-state index in [1.54, 1.807) is 6.07 Å². The van der Waals surface area contributed by atoms with Crippen LogP contribution in [-0.2, 0) is 0 Å². The minimum absolute atomic E-state index is 0.435. The monoisotopic (exact) mass is 380 g/mol. The van der Waals surface area contributed by atoms with Crippen LogP contribution in [0.1, 0.15) is 5.56 Å². The Morgan fingerprint density at radius 3 is 2.95 bits per heavy atom. The highest BCUT2D eigenvalue weighted by Crippen LogP contribution is 2.28. The van der Waals surface area contributed by atoms with Gasteiger partial charge in [-0.1, -0.05) is 17.7 Å². The maximum Gasteiger partial charge on any atom is 0.150 e. The molecule has 0 amide bonds. The van der Waals surface area contributed by atoms with Gasteiger partial charge in [0, 0.05) is 15.5 Å². The number of benzene rings is 1. The van der Waals surface area contributed by atoms with E-state index in [4.69, 9.17) is 16.9 Å². The summed E-state index contributed by atoms with van der Waals surface area (Å²) in [6.45, 7) is 0. The zero-order valence-electron chi connectivity index (χ0n) is 9.51. The Balaban J connectivity index is 2.32.